The SMILES string of the molecule is CCOC(=O)CN(CC(C)C)C(=O)C1CCCCN1. The van der Waals surface area contributed by atoms with Crippen molar-refractivity contribution in [3.8, 4) is 0 Å². The van der Waals surface area contributed by atoms with Gasteiger partial charge in [0, 0.05) is 6.54 Å². The topological polar surface area (TPSA) is 58.6 Å². The van der Waals surface area contributed by atoms with Crippen LogP contribution in [0.4, 0.5) is 0 Å². The molecule has 0 aliphatic carbocycles. The fourth-order valence-electron chi connectivity index (χ4n) is 2.32. The van der Waals surface area contributed by atoms with Gasteiger partial charge >= 0.3 is 5.97 Å². The maximum absolute atomic E-state index is 12.4. The molecule has 0 spiro atoms. The monoisotopic (exact) mass is 270 g/mol. The van der Waals surface area contributed by atoms with E-state index in [0.29, 0.717) is 19.1 Å². The van der Waals surface area contributed by atoms with Gasteiger partial charge in [-0.05, 0) is 32.2 Å². The molecule has 0 aromatic heterocycles. The fraction of sp³-hybridized carbons (Fsp3) is 0.857. The Morgan fingerprint density at radius 1 is 1.37 bits per heavy atom. The summed E-state index contributed by atoms with van der Waals surface area (Å²) in [7, 11) is 0. The second-order valence-electron chi connectivity index (χ2n) is 5.42. The van der Waals surface area contributed by atoms with Gasteiger partial charge in [-0.3, -0.25) is 9.59 Å². The molecule has 0 radical (unpaired) electrons. The van der Waals surface area contributed by atoms with E-state index in [1.54, 1.807) is 11.8 Å². The number of esters is 1. The van der Waals surface area contributed by atoms with Crippen LogP contribution in [0.15, 0.2) is 0 Å². The Labute approximate surface area is 115 Å². The molecule has 5 nitrogen and oxygen atoms in total. The van der Waals surface area contributed by atoms with E-state index in [2.05, 4.69) is 5.32 Å². The van der Waals surface area contributed by atoms with Gasteiger partial charge in [-0.15, -0.1) is 0 Å². The Morgan fingerprint density at radius 2 is 2.11 bits per heavy atom. The highest BCUT2D eigenvalue weighted by molar-refractivity contribution is 5.85. The van der Waals surface area contributed by atoms with Crippen molar-refractivity contribution in [3.63, 3.8) is 0 Å². The average Bonchev–Trinajstić information content (AvgIpc) is 2.38. The molecule has 19 heavy (non-hydrogen) atoms. The highest BCUT2D eigenvalue weighted by Crippen LogP contribution is 2.11. The lowest BCUT2D eigenvalue weighted by Gasteiger charge is -2.30. The minimum Gasteiger partial charge on any atom is -0.465 e. The Balaban J connectivity index is 2.60. The van der Waals surface area contributed by atoms with Crippen molar-refractivity contribution in [1.82, 2.24) is 10.2 Å². The first-order valence-corrected chi connectivity index (χ1v) is 7.22. The van der Waals surface area contributed by atoms with Crippen LogP contribution in [0.5, 0.6) is 0 Å². The van der Waals surface area contributed by atoms with E-state index in [9.17, 15) is 9.59 Å². The molecule has 0 bridgehead atoms. The standard InChI is InChI=1S/C14H26N2O3/c1-4-19-13(17)10-16(9-11(2)3)14(18)12-7-5-6-8-15-12/h11-12,15H,4-10H2,1-3H3. The van der Waals surface area contributed by atoms with Crippen molar-refractivity contribution in [2.24, 2.45) is 5.92 Å². The van der Waals surface area contributed by atoms with Crippen LogP contribution in [-0.2, 0) is 14.3 Å². The van der Waals surface area contributed by atoms with Crippen molar-refractivity contribution in [2.75, 3.05) is 26.2 Å². The third-order valence-electron chi connectivity index (χ3n) is 3.13. The number of hydrogen-bond acceptors (Lipinski definition) is 4. The molecular weight excluding hydrogens is 244 g/mol. The minimum absolute atomic E-state index is 0.0291. The van der Waals surface area contributed by atoms with E-state index in [4.69, 9.17) is 4.74 Å². The second-order valence-corrected chi connectivity index (χ2v) is 5.42. The number of ether oxygens (including phenoxy) is 1. The summed E-state index contributed by atoms with van der Waals surface area (Å²) >= 11 is 0. The predicted molar refractivity (Wildman–Crippen MR) is 73.7 cm³/mol. The van der Waals surface area contributed by atoms with Crippen LogP contribution in [-0.4, -0.2) is 49.1 Å². The van der Waals surface area contributed by atoms with Gasteiger partial charge in [0.15, 0.2) is 0 Å². The number of amides is 1. The van der Waals surface area contributed by atoms with Crippen molar-refractivity contribution < 1.29 is 14.3 Å². The number of rotatable bonds is 6. The number of nitrogens with one attached hydrogen (secondary N) is 1. The predicted octanol–water partition coefficient (Wildman–Crippen LogP) is 1.18. The largest absolute Gasteiger partial charge is 0.465 e. The molecule has 1 atom stereocenters. The van der Waals surface area contributed by atoms with Gasteiger partial charge in [-0.1, -0.05) is 20.3 Å². The van der Waals surface area contributed by atoms with Gasteiger partial charge in [0.1, 0.15) is 6.54 Å². The van der Waals surface area contributed by atoms with E-state index in [1.165, 1.54) is 0 Å². The van der Waals surface area contributed by atoms with Gasteiger partial charge in [-0.2, -0.15) is 0 Å². The molecule has 1 aliphatic rings. The Bertz CT molecular complexity index is 299. The van der Waals surface area contributed by atoms with E-state index < -0.39 is 0 Å². The number of piperidine rings is 1. The minimum atomic E-state index is -0.327. The lowest BCUT2D eigenvalue weighted by atomic mass is 10.0. The molecule has 0 saturated carbocycles. The summed E-state index contributed by atoms with van der Waals surface area (Å²) in [4.78, 5) is 25.6. The summed E-state index contributed by atoms with van der Waals surface area (Å²) in [5, 5.41) is 3.23. The molecule has 1 heterocycles. The van der Waals surface area contributed by atoms with Gasteiger partial charge in [-0.25, -0.2) is 0 Å². The third kappa shape index (κ3) is 5.59. The zero-order valence-electron chi connectivity index (χ0n) is 12.3. The maximum atomic E-state index is 12.4. The zero-order valence-corrected chi connectivity index (χ0v) is 12.3. The molecule has 1 fully saturated rings. The Morgan fingerprint density at radius 3 is 2.63 bits per heavy atom. The van der Waals surface area contributed by atoms with Gasteiger partial charge < -0.3 is 15.0 Å². The molecule has 1 rings (SSSR count). The molecule has 5 heteroatoms. The molecule has 0 aromatic carbocycles. The summed E-state index contributed by atoms with van der Waals surface area (Å²) in [6.07, 6.45) is 3.04. The molecular formula is C14H26N2O3. The summed E-state index contributed by atoms with van der Waals surface area (Å²) in [6.45, 7) is 7.74. The van der Waals surface area contributed by atoms with E-state index >= 15 is 0 Å². The van der Waals surface area contributed by atoms with Crippen molar-refractivity contribution in [1.29, 1.82) is 0 Å². The quantitative estimate of drug-likeness (QED) is 0.736. The Hall–Kier alpha value is -1.10. The normalized spacial score (nSPS) is 19.3. The first-order chi connectivity index (χ1) is 9.04. The molecule has 0 aromatic rings. The maximum Gasteiger partial charge on any atom is 0.325 e. The van der Waals surface area contributed by atoms with Crippen LogP contribution in [0, 0.1) is 5.92 Å². The molecule has 110 valence electrons. The smallest absolute Gasteiger partial charge is 0.325 e. The molecule has 1 N–H and O–H groups in total. The summed E-state index contributed by atoms with van der Waals surface area (Å²) < 4.78 is 4.94. The molecule has 1 saturated heterocycles. The summed E-state index contributed by atoms with van der Waals surface area (Å²) in [6, 6.07) is -0.137. The lowest BCUT2D eigenvalue weighted by Crippen LogP contribution is -2.51. The van der Waals surface area contributed by atoms with Gasteiger partial charge in [0.05, 0.1) is 12.6 Å². The van der Waals surface area contributed by atoms with Gasteiger partial charge in [0.2, 0.25) is 5.91 Å². The highest BCUT2D eigenvalue weighted by atomic mass is 16.5. The van der Waals surface area contributed by atoms with Crippen molar-refractivity contribution in [3.05, 3.63) is 0 Å². The van der Waals surface area contributed by atoms with Gasteiger partial charge in [0.25, 0.3) is 0 Å². The summed E-state index contributed by atoms with van der Waals surface area (Å²) in [5.41, 5.74) is 0. The fourth-order valence-corrected chi connectivity index (χ4v) is 2.32. The van der Waals surface area contributed by atoms with E-state index in [1.807, 2.05) is 13.8 Å². The summed E-state index contributed by atoms with van der Waals surface area (Å²) in [5.74, 6) is 0.0377. The first kappa shape index (κ1) is 16.0. The van der Waals surface area contributed by atoms with Crippen LogP contribution >= 0.6 is 0 Å². The van der Waals surface area contributed by atoms with E-state index in [0.717, 1.165) is 25.8 Å². The number of hydrogen-bond donors (Lipinski definition) is 1. The first-order valence-electron chi connectivity index (χ1n) is 7.22. The third-order valence-corrected chi connectivity index (χ3v) is 3.13. The second kappa shape index (κ2) is 8.15. The molecule has 1 unspecified atom stereocenters. The van der Waals surface area contributed by atoms with Crippen LogP contribution < -0.4 is 5.32 Å². The number of carbonyl (C=O) groups is 2. The Kier molecular flexibility index (Phi) is 6.84. The average molecular weight is 270 g/mol. The molecule has 1 amide bonds. The van der Waals surface area contributed by atoms with Crippen LogP contribution in [0.25, 0.3) is 0 Å². The van der Waals surface area contributed by atoms with Crippen molar-refractivity contribution >= 4 is 11.9 Å². The van der Waals surface area contributed by atoms with E-state index in [-0.39, 0.29) is 24.5 Å². The highest BCUT2D eigenvalue weighted by Gasteiger charge is 2.27. The van der Waals surface area contributed by atoms with Crippen LogP contribution in [0.2, 0.25) is 0 Å². The van der Waals surface area contributed by atoms with Crippen LogP contribution in [0.3, 0.4) is 0 Å². The number of nitrogens with zero attached hydrogens (tertiary/aromatic N) is 1. The van der Waals surface area contributed by atoms with Crippen LogP contribution in [0.1, 0.15) is 40.0 Å². The van der Waals surface area contributed by atoms with Crippen molar-refractivity contribution in [2.45, 2.75) is 46.1 Å². The zero-order chi connectivity index (χ0) is 14.3. The molecule has 1 aliphatic heterocycles. The number of carbonyl (C=O) groups excluding carboxylic acids is 2. The lowest BCUT2D eigenvalue weighted by molar-refractivity contribution is -0.150.